The molecule has 10 nitrogen and oxygen atoms in total. The van der Waals surface area contributed by atoms with Crippen LogP contribution in [0.15, 0.2) is 32.8 Å². The van der Waals surface area contributed by atoms with Crippen LogP contribution in [0, 0.1) is 0 Å². The first-order valence-electron chi connectivity index (χ1n) is 11.4. The molecule has 35 heavy (non-hydrogen) atoms. The third kappa shape index (κ3) is 7.83. The van der Waals surface area contributed by atoms with Crippen LogP contribution in [-0.2, 0) is 20.9 Å². The van der Waals surface area contributed by atoms with E-state index in [4.69, 9.17) is 11.6 Å². The molecule has 0 radical (unpaired) electrons. The molecule has 2 atom stereocenters. The van der Waals surface area contributed by atoms with Crippen molar-refractivity contribution in [1.29, 1.82) is 0 Å². The van der Waals surface area contributed by atoms with Crippen LogP contribution in [0.4, 0.5) is 0 Å². The van der Waals surface area contributed by atoms with E-state index in [-0.39, 0.29) is 42.9 Å². The van der Waals surface area contributed by atoms with Crippen LogP contribution in [-0.4, -0.2) is 58.0 Å². The van der Waals surface area contributed by atoms with Crippen molar-refractivity contribution in [1.82, 2.24) is 20.3 Å². The predicted molar refractivity (Wildman–Crippen MR) is 136 cm³/mol. The molecule has 0 spiro atoms. The average molecular weight is 571 g/mol. The number of piperidine rings is 1. The fourth-order valence-electron chi connectivity index (χ4n) is 3.86. The first-order chi connectivity index (χ1) is 16.8. The van der Waals surface area contributed by atoms with Crippen LogP contribution in [0.2, 0.25) is 5.02 Å². The van der Waals surface area contributed by atoms with Crippen LogP contribution >= 0.6 is 27.5 Å². The standard InChI is InChI=1S/C23H29BrClN5O5/c1-35-22(33)7-3-2-6-21(32)29-28-14(9-19-20(31)5-4-8-26-19)12-30-13-27-18-11-16(24)17(25)10-15(18)23(30)34/h10-11,13,19-20,26,31H,2-9,12H2,1H3,(H,29,32)/t19-,20+/m0/s1. The summed E-state index contributed by atoms with van der Waals surface area (Å²) in [4.78, 5) is 40.9. The number of nitrogens with one attached hydrogen (secondary N) is 2. The number of aromatic nitrogens is 2. The van der Waals surface area contributed by atoms with Gasteiger partial charge in [0.05, 0.1) is 47.7 Å². The molecule has 12 heteroatoms. The Labute approximate surface area is 216 Å². The van der Waals surface area contributed by atoms with E-state index in [1.807, 2.05) is 0 Å². The molecule has 1 aromatic heterocycles. The number of aliphatic hydroxyl groups is 1. The first kappa shape index (κ1) is 27.3. The van der Waals surface area contributed by atoms with Gasteiger partial charge >= 0.3 is 5.97 Å². The van der Waals surface area contributed by atoms with Crippen LogP contribution in [0.25, 0.3) is 10.9 Å². The fourth-order valence-corrected chi connectivity index (χ4v) is 4.36. The largest absolute Gasteiger partial charge is 0.469 e. The van der Waals surface area contributed by atoms with Gasteiger partial charge in [-0.3, -0.25) is 19.0 Å². The lowest BCUT2D eigenvalue weighted by atomic mass is 9.96. The Kier molecular flexibility index (Phi) is 10.2. The van der Waals surface area contributed by atoms with Crippen molar-refractivity contribution in [3.63, 3.8) is 0 Å². The Bertz CT molecular complexity index is 1160. The van der Waals surface area contributed by atoms with Gasteiger partial charge in [0.25, 0.3) is 5.56 Å². The number of benzene rings is 1. The maximum atomic E-state index is 13.1. The Morgan fingerprint density at radius 1 is 1.37 bits per heavy atom. The van der Waals surface area contributed by atoms with Gasteiger partial charge in [-0.2, -0.15) is 5.10 Å². The Morgan fingerprint density at radius 3 is 2.89 bits per heavy atom. The third-order valence-electron chi connectivity index (χ3n) is 5.82. The summed E-state index contributed by atoms with van der Waals surface area (Å²) in [6.45, 7) is 0.857. The SMILES string of the molecule is COC(=O)CCCCC(=O)NN=C(C[C@@H]1NCCC[C@H]1O)Cn1cnc2cc(Br)c(Cl)cc2c1=O. The fraction of sp³-hybridized carbons (Fsp3) is 0.522. The number of ether oxygens (including phenoxy) is 1. The van der Waals surface area contributed by atoms with Crippen molar-refractivity contribution in [2.24, 2.45) is 5.10 Å². The van der Waals surface area contributed by atoms with Gasteiger partial charge in [0.1, 0.15) is 0 Å². The third-order valence-corrected chi connectivity index (χ3v) is 7.02. The number of rotatable bonds is 10. The van der Waals surface area contributed by atoms with E-state index >= 15 is 0 Å². The van der Waals surface area contributed by atoms with Gasteiger partial charge in [-0.1, -0.05) is 11.6 Å². The monoisotopic (exact) mass is 569 g/mol. The molecule has 0 saturated carbocycles. The summed E-state index contributed by atoms with van der Waals surface area (Å²) >= 11 is 9.50. The summed E-state index contributed by atoms with van der Waals surface area (Å²) in [7, 11) is 1.33. The normalized spacial score (nSPS) is 18.5. The van der Waals surface area contributed by atoms with Gasteiger partial charge < -0.3 is 15.2 Å². The highest BCUT2D eigenvalue weighted by atomic mass is 79.9. The number of hydrogen-bond donors (Lipinski definition) is 3. The number of carbonyl (C=O) groups is 2. The number of unbranched alkanes of at least 4 members (excludes halogenated alkanes) is 1. The number of amides is 1. The maximum absolute atomic E-state index is 13.1. The molecule has 0 bridgehead atoms. The Morgan fingerprint density at radius 2 is 2.14 bits per heavy atom. The van der Waals surface area contributed by atoms with Crippen LogP contribution in [0.1, 0.15) is 44.9 Å². The molecule has 2 aromatic rings. The summed E-state index contributed by atoms with van der Waals surface area (Å²) in [5.41, 5.74) is 3.27. The van der Waals surface area contributed by atoms with Crippen molar-refractivity contribution in [3.8, 4) is 0 Å². The van der Waals surface area contributed by atoms with Gasteiger partial charge in [-0.05, 0) is 60.3 Å². The first-order valence-corrected chi connectivity index (χ1v) is 12.6. The zero-order valence-corrected chi connectivity index (χ0v) is 21.8. The number of hydrazone groups is 1. The number of hydrogen-bond acceptors (Lipinski definition) is 8. The molecule has 2 heterocycles. The number of methoxy groups -OCH3 is 1. The minimum atomic E-state index is -0.550. The average Bonchev–Trinajstić information content (AvgIpc) is 2.84. The molecular formula is C23H29BrClN5O5. The highest BCUT2D eigenvalue weighted by molar-refractivity contribution is 9.10. The Balaban J connectivity index is 1.75. The minimum absolute atomic E-state index is 0.0863. The molecular weight excluding hydrogens is 542 g/mol. The topological polar surface area (TPSA) is 135 Å². The molecule has 1 fully saturated rings. The summed E-state index contributed by atoms with van der Waals surface area (Å²) < 4.78 is 6.64. The highest BCUT2D eigenvalue weighted by Crippen LogP contribution is 2.25. The van der Waals surface area contributed by atoms with Crippen LogP contribution in [0.5, 0.6) is 0 Å². The molecule has 1 amide bonds. The molecule has 1 aromatic carbocycles. The van der Waals surface area contributed by atoms with Crippen LogP contribution < -0.4 is 16.3 Å². The van der Waals surface area contributed by atoms with E-state index in [2.05, 4.69) is 41.5 Å². The van der Waals surface area contributed by atoms with Gasteiger partial charge in [0.2, 0.25) is 5.91 Å². The maximum Gasteiger partial charge on any atom is 0.305 e. The van der Waals surface area contributed by atoms with E-state index < -0.39 is 6.10 Å². The summed E-state index contributed by atoms with van der Waals surface area (Å²) in [5.74, 6) is -0.613. The molecule has 0 unspecified atom stereocenters. The number of aliphatic hydroxyl groups excluding tert-OH is 1. The van der Waals surface area contributed by atoms with Crippen molar-refractivity contribution in [3.05, 3.63) is 38.3 Å². The lowest BCUT2D eigenvalue weighted by Gasteiger charge is -2.29. The van der Waals surface area contributed by atoms with Gasteiger partial charge in [-0.25, -0.2) is 10.4 Å². The number of nitrogens with zero attached hydrogens (tertiary/aromatic N) is 3. The molecule has 1 aliphatic rings. The summed E-state index contributed by atoms with van der Waals surface area (Å²) in [6, 6.07) is 3.00. The number of halogens is 2. The summed E-state index contributed by atoms with van der Waals surface area (Å²) in [6.07, 6.45) is 4.26. The van der Waals surface area contributed by atoms with E-state index in [1.165, 1.54) is 18.0 Å². The molecule has 3 rings (SSSR count). The zero-order chi connectivity index (χ0) is 25.4. The molecule has 3 N–H and O–H groups in total. The van der Waals surface area contributed by atoms with Gasteiger partial charge in [-0.15, -0.1) is 0 Å². The number of carbonyl (C=O) groups excluding carboxylic acids is 2. The Hall–Kier alpha value is -2.34. The predicted octanol–water partition coefficient (Wildman–Crippen LogP) is 2.52. The summed E-state index contributed by atoms with van der Waals surface area (Å²) in [5, 5.41) is 18.7. The zero-order valence-electron chi connectivity index (χ0n) is 19.4. The van der Waals surface area contributed by atoms with E-state index in [1.54, 1.807) is 12.1 Å². The molecule has 190 valence electrons. The van der Waals surface area contributed by atoms with Gasteiger partial charge in [0.15, 0.2) is 0 Å². The van der Waals surface area contributed by atoms with Gasteiger partial charge in [0, 0.05) is 29.8 Å². The lowest BCUT2D eigenvalue weighted by Crippen LogP contribution is -2.46. The second-order valence-electron chi connectivity index (χ2n) is 8.43. The van der Waals surface area contributed by atoms with Crippen molar-refractivity contribution >= 4 is 56.0 Å². The quantitative estimate of drug-likeness (QED) is 0.173. The molecule has 1 aliphatic heterocycles. The highest BCUT2D eigenvalue weighted by Gasteiger charge is 2.24. The van der Waals surface area contributed by atoms with E-state index in [0.717, 1.165) is 13.0 Å². The molecule has 0 aliphatic carbocycles. The second kappa shape index (κ2) is 13.1. The van der Waals surface area contributed by atoms with E-state index in [9.17, 15) is 19.5 Å². The minimum Gasteiger partial charge on any atom is -0.469 e. The van der Waals surface area contributed by atoms with Crippen molar-refractivity contribution < 1.29 is 19.4 Å². The second-order valence-corrected chi connectivity index (χ2v) is 9.69. The smallest absolute Gasteiger partial charge is 0.305 e. The van der Waals surface area contributed by atoms with Crippen LogP contribution in [0.3, 0.4) is 0 Å². The van der Waals surface area contributed by atoms with E-state index in [0.29, 0.717) is 51.8 Å². The number of fused-ring (bicyclic) bond motifs is 1. The van der Waals surface area contributed by atoms with Crippen molar-refractivity contribution in [2.75, 3.05) is 13.7 Å². The van der Waals surface area contributed by atoms with Crippen molar-refractivity contribution in [2.45, 2.75) is 63.6 Å². The number of esters is 1. The molecule has 1 saturated heterocycles. The lowest BCUT2D eigenvalue weighted by molar-refractivity contribution is -0.140.